The summed E-state index contributed by atoms with van der Waals surface area (Å²) in [6, 6.07) is 0. The van der Waals surface area contributed by atoms with Gasteiger partial charge in [0.15, 0.2) is 47.4 Å². The lowest BCUT2D eigenvalue weighted by Crippen LogP contribution is -2.34. The van der Waals surface area contributed by atoms with E-state index in [-0.39, 0.29) is 28.1 Å². The maximum atomic E-state index is 16.9. The zero-order valence-electron chi connectivity index (χ0n) is 32.7. The molecule has 2 unspecified atom stereocenters. The molecule has 7 rings (SSSR count). The first-order valence-corrected chi connectivity index (χ1v) is 24.4. The Morgan fingerprint density at radius 2 is 1.33 bits per heavy atom. The molecule has 0 spiro atoms. The zero-order valence-corrected chi connectivity index (χ0v) is 36.2. The summed E-state index contributed by atoms with van der Waals surface area (Å²) in [5.41, 5.74) is 3.37. The molecule has 0 aromatic carbocycles. The van der Waals surface area contributed by atoms with Crippen molar-refractivity contribution in [3.63, 3.8) is 0 Å². The van der Waals surface area contributed by atoms with Gasteiger partial charge in [0.05, 0.1) is 43.0 Å². The molecule has 10 atom stereocenters. The Hall–Kier alpha value is -3.58. The number of hydrogen-bond donors (Lipinski definition) is 2. The van der Waals surface area contributed by atoms with E-state index in [4.69, 9.17) is 42.8 Å². The number of carbonyl (C=O) groups is 2. The number of nitrogen functional groups attached to an aromatic ring is 1. The molecule has 0 aliphatic carbocycles. The molecule has 2 bridgehead atoms. The minimum Gasteiger partial charge on any atom is -0.454 e. The fourth-order valence-electron chi connectivity index (χ4n) is 5.99. The second kappa shape index (κ2) is 16.9. The molecule has 0 saturated carbocycles. The van der Waals surface area contributed by atoms with E-state index in [0.717, 1.165) is 19.0 Å². The number of halogens is 2. The van der Waals surface area contributed by atoms with Crippen LogP contribution in [-0.4, -0.2) is 113 Å². The van der Waals surface area contributed by atoms with Crippen molar-refractivity contribution < 1.29 is 64.5 Å². The van der Waals surface area contributed by atoms with Crippen molar-refractivity contribution in [2.24, 2.45) is 10.8 Å². The Labute approximate surface area is 347 Å². The van der Waals surface area contributed by atoms with Crippen LogP contribution in [0.25, 0.3) is 22.3 Å². The normalized spacial score (nSPS) is 31.6. The summed E-state index contributed by atoms with van der Waals surface area (Å²) in [5, 5.41) is 0. The van der Waals surface area contributed by atoms with Gasteiger partial charge in [-0.25, -0.2) is 42.8 Å². The van der Waals surface area contributed by atoms with Gasteiger partial charge in [-0.2, -0.15) is 0 Å². The molecule has 3 aliphatic heterocycles. The van der Waals surface area contributed by atoms with Gasteiger partial charge < -0.3 is 29.7 Å². The van der Waals surface area contributed by atoms with Crippen LogP contribution in [0.3, 0.4) is 0 Å². The Kier molecular flexibility index (Phi) is 12.6. The molecule has 0 radical (unpaired) electrons. The molecule has 3 N–H and O–H groups in total. The number of ether oxygens (including phenoxy) is 4. The first kappa shape index (κ1) is 44.5. The topological polar surface area (TPSA) is 275 Å². The standard InChI is InChI=1S/C32H41F2N9O13P2S2/c1-31(2,3)29(45)49-13-59-57(47)51-7-15-17(33)22(28(53-15)43-12-41-20-25(43)38-10-39-26(20)44)56-58(48,60-14-50-30(46)32(4,5)6)52-8-16-21(55-57)18(34)27(54-16)42-11-40-19-23(35)36-9-37-24(19)42/h9-12,15-18,21-22,27-28H,7-8,13-14H2,1-6H3,(H2,35,36,37)(H,38,39,44)/t15-,16-,17+,18-,21-,22-,27-,28-,57?,58?/m1/s1. The van der Waals surface area contributed by atoms with Gasteiger partial charge >= 0.3 is 25.5 Å². The number of hydrogen-bond acceptors (Lipinski definition) is 21. The summed E-state index contributed by atoms with van der Waals surface area (Å²) in [6.07, 6.45) is -10.00. The summed E-state index contributed by atoms with van der Waals surface area (Å²) in [6.45, 7) is -1.58. The van der Waals surface area contributed by atoms with Crippen molar-refractivity contribution in [1.82, 2.24) is 39.0 Å². The largest absolute Gasteiger partial charge is 0.454 e. The predicted octanol–water partition coefficient (Wildman–Crippen LogP) is 4.61. The molecule has 4 aromatic heterocycles. The number of rotatable bonds is 8. The lowest BCUT2D eigenvalue weighted by Gasteiger charge is -2.28. The summed E-state index contributed by atoms with van der Waals surface area (Å²) >= 11 is 0.741. The lowest BCUT2D eigenvalue weighted by atomic mass is 9.98. The van der Waals surface area contributed by atoms with E-state index in [1.807, 2.05) is 0 Å². The number of fused-ring (bicyclic) bond motifs is 5. The van der Waals surface area contributed by atoms with Crippen LogP contribution in [0.15, 0.2) is 30.1 Å². The van der Waals surface area contributed by atoms with Crippen molar-refractivity contribution in [3.8, 4) is 0 Å². The monoisotopic (exact) mass is 923 g/mol. The molecule has 3 aliphatic rings. The summed E-state index contributed by atoms with van der Waals surface area (Å²) in [7, 11) is 0. The Bertz CT molecular complexity index is 2410. The lowest BCUT2D eigenvalue weighted by molar-refractivity contribution is -0.151. The van der Waals surface area contributed by atoms with Crippen LogP contribution in [0.5, 0.6) is 0 Å². The third-order valence-electron chi connectivity index (χ3n) is 9.15. The molecule has 60 heavy (non-hydrogen) atoms. The first-order valence-electron chi connectivity index (χ1n) is 18.1. The van der Waals surface area contributed by atoms with Crippen molar-refractivity contribution in [2.45, 2.75) is 90.8 Å². The fraction of sp³-hybridized carbons (Fsp3) is 0.625. The van der Waals surface area contributed by atoms with Gasteiger partial charge in [-0.15, -0.1) is 0 Å². The van der Waals surface area contributed by atoms with E-state index in [0.29, 0.717) is 22.8 Å². The summed E-state index contributed by atoms with van der Waals surface area (Å²) in [4.78, 5) is 60.6. The van der Waals surface area contributed by atoms with Gasteiger partial charge in [-0.1, -0.05) is 0 Å². The highest BCUT2D eigenvalue weighted by atomic mass is 32.7. The number of aromatic nitrogens is 8. The third-order valence-corrected chi connectivity index (χ3v) is 15.8. The number of imidazole rings is 2. The molecule has 22 nitrogen and oxygen atoms in total. The van der Waals surface area contributed by atoms with E-state index < -0.39 is 116 Å². The van der Waals surface area contributed by atoms with Gasteiger partial charge in [-0.3, -0.25) is 41.6 Å². The van der Waals surface area contributed by atoms with E-state index in [9.17, 15) is 23.5 Å². The highest BCUT2D eigenvalue weighted by Gasteiger charge is 2.55. The van der Waals surface area contributed by atoms with E-state index in [1.165, 1.54) is 15.5 Å². The number of anilines is 1. The molecular formula is C32H41F2N9O13P2S2. The second-order valence-electron chi connectivity index (χ2n) is 15.6. The molecular weight excluding hydrogens is 882 g/mol. The molecule has 3 fully saturated rings. The molecule has 328 valence electrons. The Balaban J connectivity index is 1.27. The average molecular weight is 924 g/mol. The van der Waals surface area contributed by atoms with Crippen LogP contribution in [-0.2, 0) is 55.8 Å². The molecule has 7 heterocycles. The van der Waals surface area contributed by atoms with Crippen molar-refractivity contribution in [3.05, 3.63) is 35.7 Å². The summed E-state index contributed by atoms with van der Waals surface area (Å²) in [5.74, 6) is -2.58. The van der Waals surface area contributed by atoms with E-state index >= 15 is 8.78 Å². The van der Waals surface area contributed by atoms with Crippen LogP contribution in [0.2, 0.25) is 0 Å². The van der Waals surface area contributed by atoms with Gasteiger partial charge in [-0.05, 0) is 41.5 Å². The van der Waals surface area contributed by atoms with E-state index in [1.54, 1.807) is 41.5 Å². The number of carbonyl (C=O) groups excluding carboxylic acids is 2. The van der Waals surface area contributed by atoms with Gasteiger partial charge in [0.25, 0.3) is 5.56 Å². The predicted molar refractivity (Wildman–Crippen MR) is 208 cm³/mol. The molecule has 4 aromatic rings. The second-order valence-corrected chi connectivity index (χ2v) is 23.6. The van der Waals surface area contributed by atoms with Crippen molar-refractivity contribution in [2.75, 3.05) is 30.8 Å². The third kappa shape index (κ3) is 9.13. The number of nitrogens with zero attached hydrogens (tertiary/aromatic N) is 7. The Morgan fingerprint density at radius 3 is 1.95 bits per heavy atom. The SMILES string of the molecule is CC(C)(C)C(=O)OCSP1(=O)OC[C@H]2O[C@@H](n3cnc4c(N)ncnc43)[C@H](F)[C@@H]2OP(=O)(SCOC(=O)C(C)(C)C)OC[C@H]2O[C@@H](n3cnc4c(=O)[nH]cnc43)[C@H](O1)[C@H]2F. The number of nitrogens with one attached hydrogen (secondary N) is 1. The zero-order chi connectivity index (χ0) is 43.4. The molecule has 28 heteroatoms. The van der Waals surface area contributed by atoms with Crippen molar-refractivity contribution in [1.29, 1.82) is 0 Å². The summed E-state index contributed by atoms with van der Waals surface area (Å²) < 4.78 is 112. The highest BCUT2D eigenvalue weighted by molar-refractivity contribution is 8.55. The van der Waals surface area contributed by atoms with Crippen LogP contribution < -0.4 is 11.3 Å². The number of H-pyrrole nitrogens is 1. The quantitative estimate of drug-likeness (QED) is 0.139. The smallest absolute Gasteiger partial charge is 0.393 e. The Morgan fingerprint density at radius 1 is 0.800 bits per heavy atom. The van der Waals surface area contributed by atoms with Crippen LogP contribution in [0.1, 0.15) is 54.0 Å². The first-order chi connectivity index (χ1) is 28.2. The van der Waals surface area contributed by atoms with Gasteiger partial charge in [0, 0.05) is 22.8 Å². The van der Waals surface area contributed by atoms with Crippen LogP contribution >= 0.6 is 36.4 Å². The molecule has 3 saturated heterocycles. The maximum Gasteiger partial charge on any atom is 0.393 e. The minimum atomic E-state index is -4.74. The van der Waals surface area contributed by atoms with Crippen LogP contribution in [0.4, 0.5) is 14.6 Å². The van der Waals surface area contributed by atoms with Crippen LogP contribution in [0, 0.1) is 10.8 Å². The molecule has 0 amide bonds. The van der Waals surface area contributed by atoms with Crippen molar-refractivity contribution >= 4 is 76.4 Å². The minimum absolute atomic E-state index is 0.0109. The fourth-order valence-corrected chi connectivity index (χ4v) is 11.6. The van der Waals surface area contributed by atoms with Gasteiger partial charge in [0.2, 0.25) is 0 Å². The van der Waals surface area contributed by atoms with E-state index in [2.05, 4.69) is 29.9 Å². The number of aromatic amines is 1. The number of esters is 2. The maximum absolute atomic E-state index is 16.9. The van der Waals surface area contributed by atoms with Gasteiger partial charge in [0.1, 0.15) is 48.1 Å². The number of alkyl halides is 2. The number of nitrogens with two attached hydrogens (primary N) is 1. The highest BCUT2D eigenvalue weighted by Crippen LogP contribution is 2.66. The average Bonchev–Trinajstić information content (AvgIpc) is 3.94.